The Morgan fingerprint density at radius 3 is 1.38 bits per heavy atom. The van der Waals surface area contributed by atoms with Crippen LogP contribution in [0.4, 0.5) is 0 Å². The molecule has 208 valence electrons. The van der Waals surface area contributed by atoms with Crippen molar-refractivity contribution < 1.29 is 28.8 Å². The van der Waals surface area contributed by atoms with Gasteiger partial charge in [0, 0.05) is 0 Å². The first-order valence-corrected chi connectivity index (χ1v) is 13.7. The monoisotopic (exact) mass is 540 g/mol. The fourth-order valence-corrected chi connectivity index (χ4v) is 4.68. The largest absolute Gasteiger partial charge is 0.387 e. The number of hydrogen-bond acceptors (Lipinski definition) is 6. The number of hydrogen-bond donors (Lipinski definition) is 1. The molecule has 4 aromatic carbocycles. The molecule has 40 heavy (non-hydrogen) atoms. The molecule has 0 aliphatic carbocycles. The van der Waals surface area contributed by atoms with Crippen molar-refractivity contribution in [1.29, 1.82) is 0 Å². The number of rotatable bonds is 13. The fourth-order valence-electron chi connectivity index (χ4n) is 4.68. The summed E-state index contributed by atoms with van der Waals surface area (Å²) in [5, 5.41) is 11.5. The summed E-state index contributed by atoms with van der Waals surface area (Å²) < 4.78 is 31.4. The Morgan fingerprint density at radius 2 is 0.900 bits per heavy atom. The summed E-state index contributed by atoms with van der Waals surface area (Å²) in [6, 6.07) is 39.6. The van der Waals surface area contributed by atoms with E-state index in [0.717, 1.165) is 22.3 Å². The van der Waals surface area contributed by atoms with E-state index in [9.17, 15) is 5.11 Å². The van der Waals surface area contributed by atoms with E-state index in [1.54, 1.807) is 0 Å². The zero-order valence-corrected chi connectivity index (χ0v) is 22.5. The second kappa shape index (κ2) is 14.9. The van der Waals surface area contributed by atoms with Crippen LogP contribution >= 0.6 is 0 Å². The smallest absolute Gasteiger partial charge is 0.187 e. The highest BCUT2D eigenvalue weighted by Crippen LogP contribution is 2.29. The molecule has 0 spiro atoms. The molecule has 0 saturated carbocycles. The van der Waals surface area contributed by atoms with E-state index in [-0.39, 0.29) is 6.61 Å². The van der Waals surface area contributed by atoms with E-state index in [2.05, 4.69) is 0 Å². The van der Waals surface area contributed by atoms with Crippen LogP contribution in [0.1, 0.15) is 22.3 Å². The van der Waals surface area contributed by atoms with E-state index in [0.29, 0.717) is 26.4 Å². The molecule has 1 fully saturated rings. The van der Waals surface area contributed by atoms with E-state index in [1.807, 2.05) is 121 Å². The first-order chi connectivity index (χ1) is 19.8. The Kier molecular flexibility index (Phi) is 10.5. The van der Waals surface area contributed by atoms with Gasteiger partial charge in [0.2, 0.25) is 0 Å². The lowest BCUT2D eigenvalue weighted by molar-refractivity contribution is -0.324. The van der Waals surface area contributed by atoms with Crippen LogP contribution in [-0.4, -0.2) is 42.4 Å². The van der Waals surface area contributed by atoms with Gasteiger partial charge in [-0.05, 0) is 22.3 Å². The van der Waals surface area contributed by atoms with Gasteiger partial charge in [0.1, 0.15) is 24.4 Å². The van der Waals surface area contributed by atoms with Gasteiger partial charge in [-0.3, -0.25) is 0 Å². The Bertz CT molecular complexity index is 1240. The van der Waals surface area contributed by atoms with Crippen LogP contribution in [0, 0.1) is 0 Å². The molecule has 4 aromatic rings. The number of ether oxygens (including phenoxy) is 5. The molecular weight excluding hydrogens is 504 g/mol. The van der Waals surface area contributed by atoms with E-state index >= 15 is 0 Å². The van der Waals surface area contributed by atoms with E-state index in [1.165, 1.54) is 0 Å². The van der Waals surface area contributed by atoms with Crippen molar-refractivity contribution in [2.24, 2.45) is 0 Å². The van der Waals surface area contributed by atoms with E-state index in [4.69, 9.17) is 23.7 Å². The molecule has 0 amide bonds. The third-order valence-corrected chi connectivity index (χ3v) is 6.84. The maximum atomic E-state index is 11.5. The van der Waals surface area contributed by atoms with Crippen molar-refractivity contribution >= 4 is 0 Å². The summed E-state index contributed by atoms with van der Waals surface area (Å²) in [5.74, 6) is 0. The van der Waals surface area contributed by atoms with Crippen LogP contribution in [0.5, 0.6) is 0 Å². The third kappa shape index (κ3) is 8.08. The van der Waals surface area contributed by atoms with Crippen molar-refractivity contribution in [3.05, 3.63) is 144 Å². The van der Waals surface area contributed by atoms with Gasteiger partial charge in [0.05, 0.1) is 33.0 Å². The van der Waals surface area contributed by atoms with Gasteiger partial charge in [-0.25, -0.2) is 0 Å². The Labute approximate surface area is 236 Å². The van der Waals surface area contributed by atoms with Crippen LogP contribution in [0.2, 0.25) is 0 Å². The Hall–Kier alpha value is -3.36. The number of aliphatic hydroxyl groups is 1. The molecule has 5 rings (SSSR count). The maximum absolute atomic E-state index is 11.5. The summed E-state index contributed by atoms with van der Waals surface area (Å²) in [6.45, 7) is 1.56. The van der Waals surface area contributed by atoms with Crippen LogP contribution in [0.15, 0.2) is 121 Å². The highest BCUT2D eigenvalue weighted by molar-refractivity contribution is 5.16. The van der Waals surface area contributed by atoms with Gasteiger partial charge in [-0.2, -0.15) is 0 Å². The molecule has 1 aliphatic heterocycles. The van der Waals surface area contributed by atoms with E-state index < -0.39 is 30.7 Å². The summed E-state index contributed by atoms with van der Waals surface area (Å²) in [5.41, 5.74) is 4.07. The fraction of sp³-hybridized carbons (Fsp3) is 0.294. The Balaban J connectivity index is 1.34. The molecule has 2 unspecified atom stereocenters. The van der Waals surface area contributed by atoms with Gasteiger partial charge < -0.3 is 28.8 Å². The standard InChI is InChI=1S/C34H36O6/c35-31-30(25-36-21-26-13-5-1-6-14-26)40-34(39-24-29-19-11-4-12-20-29)33(38-23-28-17-9-3-10-18-28)32(31)37-22-27-15-7-2-8-16-27/h1-20,30-35H,21-25H2/t30?,31-,32+,33?,34+/m0/s1. The first-order valence-electron chi connectivity index (χ1n) is 13.7. The first kappa shape index (κ1) is 28.2. The lowest BCUT2D eigenvalue weighted by atomic mass is 9.98. The highest BCUT2D eigenvalue weighted by Gasteiger charge is 2.47. The van der Waals surface area contributed by atoms with Gasteiger partial charge in [-0.15, -0.1) is 0 Å². The minimum absolute atomic E-state index is 0.178. The SMILES string of the molecule is O[C@H]1C(COCc2ccccc2)O[C@@H](OCc2ccccc2)C(OCc2ccccc2)[C@@H]1OCc1ccccc1. The van der Waals surface area contributed by atoms with Crippen molar-refractivity contribution in [2.75, 3.05) is 6.61 Å². The van der Waals surface area contributed by atoms with Crippen LogP contribution in [0.3, 0.4) is 0 Å². The zero-order chi connectivity index (χ0) is 27.4. The Morgan fingerprint density at radius 1 is 0.500 bits per heavy atom. The van der Waals surface area contributed by atoms with Crippen LogP contribution in [0.25, 0.3) is 0 Å². The van der Waals surface area contributed by atoms with Gasteiger partial charge >= 0.3 is 0 Å². The predicted octanol–water partition coefficient (Wildman–Crippen LogP) is 5.68. The van der Waals surface area contributed by atoms with Gasteiger partial charge in [0.15, 0.2) is 6.29 Å². The summed E-state index contributed by atoms with van der Waals surface area (Å²) in [4.78, 5) is 0. The molecular formula is C34H36O6. The topological polar surface area (TPSA) is 66.4 Å². The maximum Gasteiger partial charge on any atom is 0.187 e. The van der Waals surface area contributed by atoms with Crippen molar-refractivity contribution in [3.8, 4) is 0 Å². The third-order valence-electron chi connectivity index (χ3n) is 6.84. The highest BCUT2D eigenvalue weighted by atomic mass is 16.7. The molecule has 0 bridgehead atoms. The summed E-state index contributed by atoms with van der Waals surface area (Å²) in [6.07, 6.45) is -3.81. The van der Waals surface area contributed by atoms with Crippen LogP contribution < -0.4 is 0 Å². The molecule has 0 aromatic heterocycles. The average molecular weight is 541 g/mol. The molecule has 6 nitrogen and oxygen atoms in total. The molecule has 1 saturated heterocycles. The molecule has 6 heteroatoms. The quantitative estimate of drug-likeness (QED) is 0.236. The second-order valence-corrected chi connectivity index (χ2v) is 9.85. The van der Waals surface area contributed by atoms with Crippen molar-refractivity contribution in [3.63, 3.8) is 0 Å². The average Bonchev–Trinajstić information content (AvgIpc) is 3.01. The lowest BCUT2D eigenvalue weighted by Gasteiger charge is -2.44. The number of benzene rings is 4. The zero-order valence-electron chi connectivity index (χ0n) is 22.5. The molecule has 1 heterocycles. The second-order valence-electron chi connectivity index (χ2n) is 9.85. The minimum atomic E-state index is -0.989. The lowest BCUT2D eigenvalue weighted by Crippen LogP contribution is -2.61. The van der Waals surface area contributed by atoms with Crippen molar-refractivity contribution in [2.45, 2.75) is 57.1 Å². The minimum Gasteiger partial charge on any atom is -0.387 e. The molecule has 1 N–H and O–H groups in total. The summed E-state index contributed by atoms with van der Waals surface area (Å²) in [7, 11) is 0. The van der Waals surface area contributed by atoms with Crippen molar-refractivity contribution in [1.82, 2.24) is 0 Å². The normalized spacial score (nSPS) is 22.7. The molecule has 5 atom stereocenters. The van der Waals surface area contributed by atoms with Gasteiger partial charge in [-0.1, -0.05) is 121 Å². The predicted molar refractivity (Wildman–Crippen MR) is 152 cm³/mol. The number of aliphatic hydroxyl groups excluding tert-OH is 1. The van der Waals surface area contributed by atoms with Crippen LogP contribution in [-0.2, 0) is 50.1 Å². The van der Waals surface area contributed by atoms with Gasteiger partial charge in [0.25, 0.3) is 0 Å². The molecule has 0 radical (unpaired) electrons. The molecule has 1 aliphatic rings. The summed E-state index contributed by atoms with van der Waals surface area (Å²) >= 11 is 0.